The van der Waals surface area contributed by atoms with Gasteiger partial charge in [0, 0.05) is 25.1 Å². The highest BCUT2D eigenvalue weighted by atomic mass is 16.5. The molecule has 1 heterocycles. The molecule has 20 heavy (non-hydrogen) atoms. The van der Waals surface area contributed by atoms with Crippen molar-refractivity contribution in [3.8, 4) is 0 Å². The standard InChI is InChI=1S/C16H29N3O/c1-8-9-17-13-10-12(16(4,5)6)18-15(19-13)14(20-7)11(2)3/h10-11,14H,8-9H2,1-7H3,(H,17,18,19). The molecule has 0 bridgehead atoms. The van der Waals surface area contributed by atoms with Crippen LogP contribution in [0.2, 0.25) is 0 Å². The number of hydrogen-bond donors (Lipinski definition) is 1. The molecule has 0 fully saturated rings. The first-order chi connectivity index (χ1) is 9.29. The van der Waals surface area contributed by atoms with Crippen LogP contribution in [0.25, 0.3) is 0 Å². The average molecular weight is 279 g/mol. The predicted octanol–water partition coefficient (Wildman–Crippen LogP) is 3.94. The summed E-state index contributed by atoms with van der Waals surface area (Å²) in [4.78, 5) is 9.36. The first-order valence-electron chi connectivity index (χ1n) is 7.45. The molecule has 1 aromatic heterocycles. The van der Waals surface area contributed by atoms with Crippen LogP contribution in [-0.4, -0.2) is 23.6 Å². The molecule has 1 unspecified atom stereocenters. The Bertz CT molecular complexity index is 424. The molecule has 1 aromatic rings. The minimum absolute atomic E-state index is 0.00436. The van der Waals surface area contributed by atoms with Crippen molar-refractivity contribution in [3.05, 3.63) is 17.6 Å². The molecule has 1 rings (SSSR count). The first-order valence-corrected chi connectivity index (χ1v) is 7.45. The summed E-state index contributed by atoms with van der Waals surface area (Å²) < 4.78 is 5.57. The second kappa shape index (κ2) is 7.02. The van der Waals surface area contributed by atoms with E-state index >= 15 is 0 Å². The molecule has 0 aliphatic heterocycles. The molecule has 0 saturated carbocycles. The molecule has 1 N–H and O–H groups in total. The number of anilines is 1. The van der Waals surface area contributed by atoms with Crippen molar-refractivity contribution in [1.82, 2.24) is 9.97 Å². The van der Waals surface area contributed by atoms with Gasteiger partial charge >= 0.3 is 0 Å². The van der Waals surface area contributed by atoms with Crippen LogP contribution in [0.15, 0.2) is 6.07 Å². The van der Waals surface area contributed by atoms with E-state index in [4.69, 9.17) is 9.72 Å². The van der Waals surface area contributed by atoms with Gasteiger partial charge in [0.15, 0.2) is 5.82 Å². The fourth-order valence-corrected chi connectivity index (χ4v) is 2.00. The summed E-state index contributed by atoms with van der Waals surface area (Å²) in [6.45, 7) is 13.8. The zero-order valence-corrected chi connectivity index (χ0v) is 13.9. The van der Waals surface area contributed by atoms with E-state index in [0.29, 0.717) is 5.92 Å². The number of aromatic nitrogens is 2. The van der Waals surface area contributed by atoms with E-state index in [2.05, 4.69) is 51.8 Å². The van der Waals surface area contributed by atoms with Crippen LogP contribution in [-0.2, 0) is 10.2 Å². The number of nitrogens with zero attached hydrogens (tertiary/aromatic N) is 2. The maximum atomic E-state index is 5.57. The summed E-state index contributed by atoms with van der Waals surface area (Å²) in [7, 11) is 1.72. The minimum Gasteiger partial charge on any atom is -0.373 e. The van der Waals surface area contributed by atoms with Gasteiger partial charge in [0.1, 0.15) is 11.9 Å². The van der Waals surface area contributed by atoms with Crippen molar-refractivity contribution in [1.29, 1.82) is 0 Å². The highest BCUT2D eigenvalue weighted by Crippen LogP contribution is 2.27. The largest absolute Gasteiger partial charge is 0.373 e. The minimum atomic E-state index is -0.0699. The monoisotopic (exact) mass is 279 g/mol. The maximum absolute atomic E-state index is 5.57. The third kappa shape index (κ3) is 4.44. The lowest BCUT2D eigenvalue weighted by atomic mass is 9.91. The Morgan fingerprint density at radius 3 is 2.35 bits per heavy atom. The van der Waals surface area contributed by atoms with Crippen LogP contribution in [0, 0.1) is 5.92 Å². The van der Waals surface area contributed by atoms with Gasteiger partial charge in [-0.1, -0.05) is 41.5 Å². The van der Waals surface area contributed by atoms with Gasteiger partial charge in [0.05, 0.1) is 5.69 Å². The number of methoxy groups -OCH3 is 1. The topological polar surface area (TPSA) is 47.0 Å². The molecule has 114 valence electrons. The van der Waals surface area contributed by atoms with E-state index in [1.807, 2.05) is 6.07 Å². The van der Waals surface area contributed by atoms with Gasteiger partial charge in [0.25, 0.3) is 0 Å². The van der Waals surface area contributed by atoms with E-state index in [-0.39, 0.29) is 11.5 Å². The smallest absolute Gasteiger partial charge is 0.159 e. The van der Waals surface area contributed by atoms with Crippen LogP contribution in [0.4, 0.5) is 5.82 Å². The maximum Gasteiger partial charge on any atom is 0.159 e. The third-order valence-corrected chi connectivity index (χ3v) is 3.18. The lowest BCUT2D eigenvalue weighted by Gasteiger charge is -2.23. The van der Waals surface area contributed by atoms with Crippen molar-refractivity contribution >= 4 is 5.82 Å². The second-order valence-corrected chi connectivity index (χ2v) is 6.57. The van der Waals surface area contributed by atoms with Crippen LogP contribution >= 0.6 is 0 Å². The lowest BCUT2D eigenvalue weighted by molar-refractivity contribution is 0.0572. The van der Waals surface area contributed by atoms with Gasteiger partial charge in [0.2, 0.25) is 0 Å². The van der Waals surface area contributed by atoms with Crippen molar-refractivity contribution in [2.75, 3.05) is 19.0 Å². The Morgan fingerprint density at radius 1 is 1.25 bits per heavy atom. The van der Waals surface area contributed by atoms with Gasteiger partial charge in [-0.25, -0.2) is 9.97 Å². The van der Waals surface area contributed by atoms with Gasteiger partial charge in [-0.15, -0.1) is 0 Å². The van der Waals surface area contributed by atoms with Crippen LogP contribution in [0.5, 0.6) is 0 Å². The highest BCUT2D eigenvalue weighted by Gasteiger charge is 2.23. The Hall–Kier alpha value is -1.16. The predicted molar refractivity (Wildman–Crippen MR) is 84.1 cm³/mol. The van der Waals surface area contributed by atoms with Crippen LogP contribution < -0.4 is 5.32 Å². The van der Waals surface area contributed by atoms with E-state index in [1.165, 1.54) is 0 Å². The quantitative estimate of drug-likeness (QED) is 0.856. The number of rotatable bonds is 6. The van der Waals surface area contributed by atoms with Gasteiger partial charge in [-0.05, 0) is 12.3 Å². The fourth-order valence-electron chi connectivity index (χ4n) is 2.00. The van der Waals surface area contributed by atoms with E-state index in [9.17, 15) is 0 Å². The normalized spacial score (nSPS) is 13.6. The Labute approximate surface area is 123 Å². The molecule has 0 aliphatic rings. The fraction of sp³-hybridized carbons (Fsp3) is 0.750. The summed E-state index contributed by atoms with van der Waals surface area (Å²) in [6, 6.07) is 2.05. The Morgan fingerprint density at radius 2 is 1.90 bits per heavy atom. The second-order valence-electron chi connectivity index (χ2n) is 6.57. The summed E-state index contributed by atoms with van der Waals surface area (Å²) in [6.07, 6.45) is 1.00. The number of nitrogens with one attached hydrogen (secondary N) is 1. The Kier molecular flexibility index (Phi) is 5.93. The molecule has 0 spiro atoms. The molecule has 0 aromatic carbocycles. The van der Waals surface area contributed by atoms with Gasteiger partial charge in [-0.3, -0.25) is 0 Å². The van der Waals surface area contributed by atoms with Crippen LogP contribution in [0.1, 0.15) is 65.6 Å². The molecule has 0 amide bonds. The van der Waals surface area contributed by atoms with E-state index < -0.39 is 0 Å². The lowest BCUT2D eigenvalue weighted by Crippen LogP contribution is -2.20. The average Bonchev–Trinajstić information content (AvgIpc) is 2.35. The van der Waals surface area contributed by atoms with Crippen LogP contribution in [0.3, 0.4) is 0 Å². The van der Waals surface area contributed by atoms with Gasteiger partial charge < -0.3 is 10.1 Å². The summed E-state index contributed by atoms with van der Waals surface area (Å²) in [5, 5.41) is 3.36. The highest BCUT2D eigenvalue weighted by molar-refractivity contribution is 5.38. The molecular formula is C16H29N3O. The number of hydrogen-bond acceptors (Lipinski definition) is 4. The van der Waals surface area contributed by atoms with Gasteiger partial charge in [-0.2, -0.15) is 0 Å². The molecular weight excluding hydrogens is 250 g/mol. The summed E-state index contributed by atoms with van der Waals surface area (Å²) >= 11 is 0. The molecule has 0 saturated heterocycles. The summed E-state index contributed by atoms with van der Waals surface area (Å²) in [5.41, 5.74) is 1.04. The van der Waals surface area contributed by atoms with Crippen molar-refractivity contribution < 1.29 is 4.74 Å². The zero-order valence-electron chi connectivity index (χ0n) is 13.9. The first kappa shape index (κ1) is 16.9. The molecule has 0 radical (unpaired) electrons. The third-order valence-electron chi connectivity index (χ3n) is 3.18. The SMILES string of the molecule is CCCNc1cc(C(C)(C)C)nc(C(OC)C(C)C)n1. The Balaban J connectivity index is 3.22. The van der Waals surface area contributed by atoms with E-state index in [0.717, 1.165) is 30.3 Å². The number of ether oxygens (including phenoxy) is 1. The molecule has 4 heteroatoms. The zero-order chi connectivity index (χ0) is 15.3. The van der Waals surface area contributed by atoms with Crippen molar-refractivity contribution in [3.63, 3.8) is 0 Å². The van der Waals surface area contributed by atoms with Crippen molar-refractivity contribution in [2.45, 2.75) is 59.5 Å². The van der Waals surface area contributed by atoms with Crippen molar-refractivity contribution in [2.24, 2.45) is 5.92 Å². The van der Waals surface area contributed by atoms with E-state index in [1.54, 1.807) is 7.11 Å². The molecule has 1 atom stereocenters. The molecule has 0 aliphatic carbocycles. The summed E-state index contributed by atoms with van der Waals surface area (Å²) in [5.74, 6) is 2.01. The molecule has 4 nitrogen and oxygen atoms in total.